The van der Waals surface area contributed by atoms with Crippen molar-refractivity contribution in [1.29, 1.82) is 0 Å². The fraction of sp³-hybridized carbons (Fsp3) is 0.875. The van der Waals surface area contributed by atoms with Crippen molar-refractivity contribution in [2.24, 2.45) is 11.1 Å². The third-order valence-electron chi connectivity index (χ3n) is 2.17. The van der Waals surface area contributed by atoms with Gasteiger partial charge < -0.3 is 10.1 Å². The Labute approximate surface area is 67.7 Å². The van der Waals surface area contributed by atoms with Gasteiger partial charge in [-0.1, -0.05) is 5.16 Å². The minimum absolute atomic E-state index is 0.495. The van der Waals surface area contributed by atoms with E-state index in [0.717, 1.165) is 18.7 Å². The molecule has 1 saturated carbocycles. The van der Waals surface area contributed by atoms with Crippen LogP contribution in [-0.4, -0.2) is 36.5 Å². The molecule has 0 bridgehead atoms. The highest BCUT2D eigenvalue weighted by Crippen LogP contribution is 2.22. The first-order valence-electron chi connectivity index (χ1n) is 4.09. The van der Waals surface area contributed by atoms with Crippen LogP contribution in [0.2, 0.25) is 0 Å². The number of rotatable bonds is 2. The van der Waals surface area contributed by atoms with Gasteiger partial charge in [0.1, 0.15) is 0 Å². The highest BCUT2D eigenvalue weighted by atomic mass is 16.4. The van der Waals surface area contributed by atoms with Crippen molar-refractivity contribution < 1.29 is 5.21 Å². The molecule has 0 aromatic rings. The summed E-state index contributed by atoms with van der Waals surface area (Å²) in [6.45, 7) is 1.01. The summed E-state index contributed by atoms with van der Waals surface area (Å²) in [5.41, 5.74) is 0.985. The molecule has 0 aromatic heterocycles. The molecule has 3 nitrogen and oxygen atoms in total. The van der Waals surface area contributed by atoms with E-state index < -0.39 is 0 Å². The summed E-state index contributed by atoms with van der Waals surface area (Å²) in [7, 11) is 4.10. The predicted octanol–water partition coefficient (Wildman–Crippen LogP) is 1.18. The van der Waals surface area contributed by atoms with Crippen molar-refractivity contribution in [3.8, 4) is 0 Å². The smallest absolute Gasteiger partial charge is 0.0614 e. The summed E-state index contributed by atoms with van der Waals surface area (Å²) in [6, 6.07) is 0. The Hall–Kier alpha value is -0.570. The third-order valence-corrected chi connectivity index (χ3v) is 2.17. The van der Waals surface area contributed by atoms with Crippen molar-refractivity contribution in [3.63, 3.8) is 0 Å². The molecule has 64 valence electrons. The zero-order chi connectivity index (χ0) is 8.27. The number of oxime groups is 1. The fourth-order valence-electron chi connectivity index (χ4n) is 1.67. The van der Waals surface area contributed by atoms with Gasteiger partial charge in [-0.15, -0.1) is 0 Å². The van der Waals surface area contributed by atoms with Crippen molar-refractivity contribution in [2.45, 2.75) is 19.3 Å². The van der Waals surface area contributed by atoms with Crippen molar-refractivity contribution in [1.82, 2.24) is 4.90 Å². The lowest BCUT2D eigenvalue weighted by atomic mass is 10.1. The van der Waals surface area contributed by atoms with Gasteiger partial charge in [-0.25, -0.2) is 0 Å². The zero-order valence-electron chi connectivity index (χ0n) is 7.25. The maximum Gasteiger partial charge on any atom is 0.0614 e. The molecule has 0 amide bonds. The van der Waals surface area contributed by atoms with E-state index in [2.05, 4.69) is 10.1 Å². The SMILES string of the molecule is CN(C)CC1CCC/C1=N/O. The molecule has 1 atom stereocenters. The second-order valence-electron chi connectivity index (χ2n) is 3.44. The van der Waals surface area contributed by atoms with Gasteiger partial charge in [-0.05, 0) is 33.4 Å². The van der Waals surface area contributed by atoms with Crippen LogP contribution in [0.25, 0.3) is 0 Å². The molecule has 1 aliphatic rings. The van der Waals surface area contributed by atoms with E-state index in [0.29, 0.717) is 5.92 Å². The minimum atomic E-state index is 0.495. The molecular weight excluding hydrogens is 140 g/mol. The molecule has 1 unspecified atom stereocenters. The van der Waals surface area contributed by atoms with E-state index in [4.69, 9.17) is 5.21 Å². The van der Waals surface area contributed by atoms with Gasteiger partial charge in [0, 0.05) is 12.5 Å². The van der Waals surface area contributed by atoms with Gasteiger partial charge in [-0.3, -0.25) is 0 Å². The first-order valence-corrected chi connectivity index (χ1v) is 4.09. The largest absolute Gasteiger partial charge is 0.411 e. The Kier molecular flexibility index (Phi) is 2.88. The van der Waals surface area contributed by atoms with Crippen molar-refractivity contribution in [2.75, 3.05) is 20.6 Å². The van der Waals surface area contributed by atoms with Crippen LogP contribution >= 0.6 is 0 Å². The summed E-state index contributed by atoms with van der Waals surface area (Å²) in [6.07, 6.45) is 3.34. The molecule has 0 heterocycles. The summed E-state index contributed by atoms with van der Waals surface area (Å²) >= 11 is 0. The zero-order valence-corrected chi connectivity index (χ0v) is 7.25. The molecule has 1 fully saturated rings. The van der Waals surface area contributed by atoms with Gasteiger partial charge in [0.2, 0.25) is 0 Å². The molecule has 1 N–H and O–H groups in total. The van der Waals surface area contributed by atoms with E-state index in [1.54, 1.807) is 0 Å². The molecule has 0 radical (unpaired) electrons. The molecule has 1 aliphatic carbocycles. The monoisotopic (exact) mass is 156 g/mol. The summed E-state index contributed by atoms with van der Waals surface area (Å²) in [5, 5.41) is 11.9. The minimum Gasteiger partial charge on any atom is -0.411 e. The van der Waals surface area contributed by atoms with Crippen LogP contribution < -0.4 is 0 Å². The second kappa shape index (κ2) is 3.72. The quantitative estimate of drug-likeness (QED) is 0.481. The van der Waals surface area contributed by atoms with E-state index >= 15 is 0 Å². The molecule has 0 saturated heterocycles. The lowest BCUT2D eigenvalue weighted by molar-refractivity contribution is 0.309. The van der Waals surface area contributed by atoms with E-state index in [-0.39, 0.29) is 0 Å². The average Bonchev–Trinajstić information content (AvgIpc) is 2.34. The Morgan fingerprint density at radius 3 is 2.91 bits per heavy atom. The highest BCUT2D eigenvalue weighted by molar-refractivity contribution is 5.88. The fourth-order valence-corrected chi connectivity index (χ4v) is 1.67. The Bertz CT molecular complexity index is 154. The molecule has 11 heavy (non-hydrogen) atoms. The first-order chi connectivity index (χ1) is 5.24. The van der Waals surface area contributed by atoms with Crippen LogP contribution in [0.5, 0.6) is 0 Å². The summed E-state index contributed by atoms with van der Waals surface area (Å²) in [4.78, 5) is 2.14. The lowest BCUT2D eigenvalue weighted by Crippen LogP contribution is -2.24. The maximum atomic E-state index is 8.62. The van der Waals surface area contributed by atoms with Crippen LogP contribution in [0, 0.1) is 5.92 Å². The van der Waals surface area contributed by atoms with Crippen LogP contribution in [0.4, 0.5) is 0 Å². The van der Waals surface area contributed by atoms with Crippen molar-refractivity contribution >= 4 is 5.71 Å². The van der Waals surface area contributed by atoms with Gasteiger partial charge in [0.15, 0.2) is 0 Å². The van der Waals surface area contributed by atoms with Crippen LogP contribution in [0.1, 0.15) is 19.3 Å². The first kappa shape index (κ1) is 8.53. The maximum absolute atomic E-state index is 8.62. The van der Waals surface area contributed by atoms with Crippen LogP contribution in [-0.2, 0) is 0 Å². The predicted molar refractivity (Wildman–Crippen MR) is 45.1 cm³/mol. The molecular formula is C8H16N2O. The normalized spacial score (nSPS) is 28.6. The molecule has 3 heteroatoms. The molecule has 0 spiro atoms. The Morgan fingerprint density at radius 2 is 2.36 bits per heavy atom. The lowest BCUT2D eigenvalue weighted by Gasteiger charge is -2.15. The topological polar surface area (TPSA) is 35.8 Å². The van der Waals surface area contributed by atoms with Gasteiger partial charge in [0.25, 0.3) is 0 Å². The molecule has 0 aromatic carbocycles. The number of hydrogen-bond acceptors (Lipinski definition) is 3. The van der Waals surface area contributed by atoms with Gasteiger partial charge >= 0.3 is 0 Å². The summed E-state index contributed by atoms with van der Waals surface area (Å²) in [5.74, 6) is 0.495. The summed E-state index contributed by atoms with van der Waals surface area (Å²) < 4.78 is 0. The number of nitrogens with zero attached hydrogens (tertiary/aromatic N) is 2. The Morgan fingerprint density at radius 1 is 1.64 bits per heavy atom. The average molecular weight is 156 g/mol. The second-order valence-corrected chi connectivity index (χ2v) is 3.44. The molecule has 0 aliphatic heterocycles. The van der Waals surface area contributed by atoms with E-state index in [9.17, 15) is 0 Å². The number of hydrogen-bond donors (Lipinski definition) is 1. The molecule has 1 rings (SSSR count). The van der Waals surface area contributed by atoms with E-state index in [1.165, 1.54) is 12.8 Å². The third kappa shape index (κ3) is 2.19. The highest BCUT2D eigenvalue weighted by Gasteiger charge is 2.23. The van der Waals surface area contributed by atoms with E-state index in [1.807, 2.05) is 14.1 Å². The standard InChI is InChI=1S/C8H16N2O/c1-10(2)6-7-4-3-5-8(7)9-11/h7,11H,3-6H2,1-2H3/b9-8-. The van der Waals surface area contributed by atoms with Gasteiger partial charge in [-0.2, -0.15) is 0 Å². The van der Waals surface area contributed by atoms with Gasteiger partial charge in [0.05, 0.1) is 5.71 Å². The van der Waals surface area contributed by atoms with Crippen molar-refractivity contribution in [3.05, 3.63) is 0 Å². The Balaban J connectivity index is 2.44. The van der Waals surface area contributed by atoms with Crippen LogP contribution in [0.15, 0.2) is 5.16 Å². The van der Waals surface area contributed by atoms with Crippen LogP contribution in [0.3, 0.4) is 0 Å².